The first-order chi connectivity index (χ1) is 16.9. The fourth-order valence-electron chi connectivity index (χ4n) is 3.74. The summed E-state index contributed by atoms with van der Waals surface area (Å²) in [6.45, 7) is 3.64. The minimum Gasteiger partial charge on any atom is -0.480 e. The highest BCUT2D eigenvalue weighted by molar-refractivity contribution is 7.10. The van der Waals surface area contributed by atoms with Gasteiger partial charge < -0.3 is 14.3 Å². The number of benzene rings is 2. The predicted molar refractivity (Wildman–Crippen MR) is 129 cm³/mol. The standard InChI is InChI=1S/C25H22N4O5S/c1-14-19(26-24(32)33-15(2)16-6-4-3-5-7-16)20(35-29-14)17-8-10-18(11-9-17)21-27-28-22(34-21)25(12-13-25)23(30)31/h3-11,15H,12-13H2,1-2H3,(H,26,32)(H,30,31). The number of aliphatic carboxylic acids is 1. The molecule has 2 aromatic heterocycles. The molecule has 2 aromatic carbocycles. The Bertz CT molecular complexity index is 1380. The first-order valence-electron chi connectivity index (χ1n) is 11.0. The van der Waals surface area contributed by atoms with E-state index in [1.165, 1.54) is 11.5 Å². The minimum atomic E-state index is -1.04. The van der Waals surface area contributed by atoms with Crippen molar-refractivity contribution in [2.24, 2.45) is 0 Å². The van der Waals surface area contributed by atoms with E-state index in [9.17, 15) is 14.7 Å². The molecule has 0 aliphatic heterocycles. The lowest BCUT2D eigenvalue weighted by molar-refractivity contribution is -0.140. The van der Waals surface area contributed by atoms with E-state index in [0.717, 1.165) is 16.0 Å². The number of carbonyl (C=O) groups excluding carboxylic acids is 1. The topological polar surface area (TPSA) is 127 Å². The van der Waals surface area contributed by atoms with Gasteiger partial charge in [-0.1, -0.05) is 42.5 Å². The molecule has 9 nitrogen and oxygen atoms in total. The van der Waals surface area contributed by atoms with Crippen LogP contribution in [0.25, 0.3) is 21.9 Å². The van der Waals surface area contributed by atoms with Gasteiger partial charge in [-0.3, -0.25) is 10.1 Å². The van der Waals surface area contributed by atoms with E-state index in [1.807, 2.05) is 68.4 Å². The van der Waals surface area contributed by atoms with Gasteiger partial charge in [-0.2, -0.15) is 4.37 Å². The number of amides is 1. The second-order valence-corrected chi connectivity index (χ2v) is 9.21. The number of hydrogen-bond donors (Lipinski definition) is 2. The molecule has 2 heterocycles. The van der Waals surface area contributed by atoms with Crippen LogP contribution < -0.4 is 5.32 Å². The molecule has 35 heavy (non-hydrogen) atoms. The quantitative estimate of drug-likeness (QED) is 0.343. The van der Waals surface area contributed by atoms with Gasteiger partial charge in [0.2, 0.25) is 11.8 Å². The first-order valence-corrected chi connectivity index (χ1v) is 11.8. The highest BCUT2D eigenvalue weighted by Gasteiger charge is 2.56. The van der Waals surface area contributed by atoms with Crippen molar-refractivity contribution in [2.45, 2.75) is 38.2 Å². The van der Waals surface area contributed by atoms with Gasteiger partial charge in [-0.25, -0.2) is 4.79 Å². The maximum Gasteiger partial charge on any atom is 0.412 e. The van der Waals surface area contributed by atoms with Gasteiger partial charge in [0.25, 0.3) is 0 Å². The number of ether oxygens (including phenoxy) is 1. The summed E-state index contributed by atoms with van der Waals surface area (Å²) in [5.74, 6) is -0.548. The van der Waals surface area contributed by atoms with E-state index in [1.54, 1.807) is 0 Å². The van der Waals surface area contributed by atoms with Crippen molar-refractivity contribution in [3.05, 3.63) is 71.7 Å². The molecule has 1 saturated carbocycles. The maximum atomic E-state index is 12.6. The molecule has 1 amide bonds. The lowest BCUT2D eigenvalue weighted by atomic mass is 10.1. The fourth-order valence-corrected chi connectivity index (χ4v) is 4.59. The van der Waals surface area contributed by atoms with Crippen molar-refractivity contribution in [2.75, 3.05) is 5.32 Å². The Kier molecular flexibility index (Phi) is 5.81. The highest BCUT2D eigenvalue weighted by atomic mass is 32.1. The third-order valence-corrected chi connectivity index (χ3v) is 7.02. The summed E-state index contributed by atoms with van der Waals surface area (Å²) in [5, 5.41) is 20.2. The molecule has 1 atom stereocenters. The van der Waals surface area contributed by atoms with E-state index in [-0.39, 0.29) is 11.8 Å². The van der Waals surface area contributed by atoms with Crippen molar-refractivity contribution in [3.63, 3.8) is 0 Å². The Balaban J connectivity index is 1.31. The van der Waals surface area contributed by atoms with Crippen LogP contribution in [-0.2, 0) is 14.9 Å². The van der Waals surface area contributed by atoms with Crippen molar-refractivity contribution in [3.8, 4) is 21.9 Å². The predicted octanol–water partition coefficient (Wildman–Crippen LogP) is 5.59. The van der Waals surface area contributed by atoms with Crippen molar-refractivity contribution in [1.82, 2.24) is 14.6 Å². The Labute approximate surface area is 205 Å². The SMILES string of the molecule is Cc1nsc(-c2ccc(-c3nnc(C4(C(=O)O)CC4)o3)cc2)c1NC(=O)OC(C)c1ccccc1. The van der Waals surface area contributed by atoms with Gasteiger partial charge in [0.1, 0.15) is 11.5 Å². The third kappa shape index (κ3) is 4.40. The molecule has 10 heteroatoms. The van der Waals surface area contributed by atoms with Crippen LogP contribution in [0.2, 0.25) is 0 Å². The van der Waals surface area contributed by atoms with Crippen molar-refractivity contribution >= 4 is 29.3 Å². The molecule has 0 spiro atoms. The third-order valence-electron chi connectivity index (χ3n) is 6.03. The van der Waals surface area contributed by atoms with E-state index < -0.39 is 23.6 Å². The molecular weight excluding hydrogens is 468 g/mol. The number of hydrogen-bond acceptors (Lipinski definition) is 8. The fraction of sp³-hybridized carbons (Fsp3) is 0.240. The number of aromatic nitrogens is 3. The number of aryl methyl sites for hydroxylation is 1. The number of carbonyl (C=O) groups is 2. The normalized spacial score (nSPS) is 14.8. The van der Waals surface area contributed by atoms with Crippen LogP contribution >= 0.6 is 11.5 Å². The molecule has 178 valence electrons. The summed E-state index contributed by atoms with van der Waals surface area (Å²) in [4.78, 5) is 24.9. The highest BCUT2D eigenvalue weighted by Crippen LogP contribution is 2.48. The molecule has 1 fully saturated rings. The van der Waals surface area contributed by atoms with Crippen LogP contribution in [0.4, 0.5) is 10.5 Å². The first kappa shape index (κ1) is 22.7. The summed E-state index contributed by atoms with van der Waals surface area (Å²) in [6, 6.07) is 16.8. The molecule has 2 N–H and O–H groups in total. The van der Waals surface area contributed by atoms with Gasteiger partial charge in [0, 0.05) is 5.56 Å². The molecule has 1 aliphatic rings. The van der Waals surface area contributed by atoms with Gasteiger partial charge >= 0.3 is 12.1 Å². The summed E-state index contributed by atoms with van der Waals surface area (Å²) < 4.78 is 15.6. The molecule has 0 bridgehead atoms. The zero-order valence-corrected chi connectivity index (χ0v) is 19.8. The average Bonchev–Trinajstić information content (AvgIpc) is 3.40. The van der Waals surface area contributed by atoms with Gasteiger partial charge in [-0.15, -0.1) is 10.2 Å². The number of carboxylic acids is 1. The van der Waals surface area contributed by atoms with Gasteiger partial charge in [0.15, 0.2) is 0 Å². The molecule has 4 aromatic rings. The summed E-state index contributed by atoms with van der Waals surface area (Å²) in [7, 11) is 0. The van der Waals surface area contributed by atoms with Crippen LogP contribution in [-0.4, -0.2) is 31.7 Å². The summed E-state index contributed by atoms with van der Waals surface area (Å²) >= 11 is 1.27. The van der Waals surface area contributed by atoms with E-state index in [2.05, 4.69) is 19.9 Å². The van der Waals surface area contributed by atoms with Crippen LogP contribution in [0.1, 0.15) is 43.0 Å². The van der Waals surface area contributed by atoms with Crippen LogP contribution in [0.5, 0.6) is 0 Å². The monoisotopic (exact) mass is 490 g/mol. The largest absolute Gasteiger partial charge is 0.480 e. The minimum absolute atomic E-state index is 0.136. The smallest absolute Gasteiger partial charge is 0.412 e. The van der Waals surface area contributed by atoms with Crippen LogP contribution in [0.3, 0.4) is 0 Å². The van der Waals surface area contributed by atoms with Crippen LogP contribution in [0.15, 0.2) is 59.0 Å². The number of rotatable bonds is 7. The summed E-state index contributed by atoms with van der Waals surface area (Å²) in [6.07, 6.45) is 0.0285. The Hall–Kier alpha value is -4.05. The number of carboxylic acid groups (broad SMARTS) is 1. The van der Waals surface area contributed by atoms with E-state index >= 15 is 0 Å². The molecule has 0 radical (unpaired) electrons. The Morgan fingerprint density at radius 1 is 1.09 bits per heavy atom. The van der Waals surface area contributed by atoms with Crippen LogP contribution in [0, 0.1) is 6.92 Å². The molecular formula is C25H22N4O5S. The summed E-state index contributed by atoms with van der Waals surface area (Å²) in [5.41, 5.74) is 2.64. The number of nitrogens with one attached hydrogen (secondary N) is 1. The molecule has 0 saturated heterocycles. The van der Waals surface area contributed by atoms with E-state index in [4.69, 9.17) is 9.15 Å². The van der Waals surface area contributed by atoms with E-state index in [0.29, 0.717) is 29.8 Å². The number of nitrogens with zero attached hydrogens (tertiary/aromatic N) is 3. The molecule has 1 unspecified atom stereocenters. The zero-order valence-electron chi connectivity index (χ0n) is 19.0. The number of anilines is 1. The lowest BCUT2D eigenvalue weighted by Gasteiger charge is -2.14. The Morgan fingerprint density at radius 3 is 2.43 bits per heavy atom. The lowest BCUT2D eigenvalue weighted by Crippen LogP contribution is -2.19. The molecule has 5 rings (SSSR count). The molecule has 1 aliphatic carbocycles. The second kappa shape index (κ2) is 8.95. The van der Waals surface area contributed by atoms with Crippen molar-refractivity contribution < 1.29 is 23.8 Å². The Morgan fingerprint density at radius 2 is 1.77 bits per heavy atom. The second-order valence-electron chi connectivity index (χ2n) is 8.43. The zero-order chi connectivity index (χ0) is 24.6. The van der Waals surface area contributed by atoms with Crippen molar-refractivity contribution in [1.29, 1.82) is 0 Å². The van der Waals surface area contributed by atoms with Gasteiger partial charge in [-0.05, 0) is 61.5 Å². The average molecular weight is 491 g/mol. The van der Waals surface area contributed by atoms with Gasteiger partial charge in [0.05, 0.1) is 16.3 Å². The maximum absolute atomic E-state index is 12.6.